The molecule has 1 aliphatic rings. The summed E-state index contributed by atoms with van der Waals surface area (Å²) < 4.78 is 1.80. The van der Waals surface area contributed by atoms with E-state index in [1.807, 2.05) is 6.07 Å². The quantitative estimate of drug-likeness (QED) is 0.863. The minimum Gasteiger partial charge on any atom is -0.398 e. The zero-order chi connectivity index (χ0) is 12.8. The van der Waals surface area contributed by atoms with Gasteiger partial charge in [-0.25, -0.2) is 4.68 Å². The minimum absolute atomic E-state index is 0.320. The third kappa shape index (κ3) is 1.95. The number of rotatable bonds is 3. The molecule has 0 saturated heterocycles. The Bertz CT molecular complexity index is 568. The molecule has 6 heteroatoms. The van der Waals surface area contributed by atoms with Gasteiger partial charge < -0.3 is 5.73 Å². The van der Waals surface area contributed by atoms with Crippen LogP contribution in [-0.2, 0) is 6.54 Å². The van der Waals surface area contributed by atoms with Gasteiger partial charge in [0.25, 0.3) is 0 Å². The number of aromatic nitrogens is 4. The van der Waals surface area contributed by atoms with Crippen LogP contribution in [0.1, 0.15) is 19.8 Å². The molecular formula is C12H14ClN5. The van der Waals surface area contributed by atoms with E-state index in [0.717, 1.165) is 6.54 Å². The van der Waals surface area contributed by atoms with Gasteiger partial charge in [-0.3, -0.25) is 0 Å². The molecule has 1 aliphatic carbocycles. The Hall–Kier alpha value is -1.62. The lowest BCUT2D eigenvalue weighted by molar-refractivity contribution is 0.427. The van der Waals surface area contributed by atoms with E-state index in [9.17, 15) is 0 Å². The largest absolute Gasteiger partial charge is 0.398 e. The maximum Gasteiger partial charge on any atom is 0.185 e. The minimum atomic E-state index is 0.320. The normalized spacial score (nSPS) is 16.8. The number of halogens is 1. The summed E-state index contributed by atoms with van der Waals surface area (Å²) in [7, 11) is 0. The van der Waals surface area contributed by atoms with Crippen LogP contribution < -0.4 is 5.73 Å². The molecule has 0 aliphatic heterocycles. The van der Waals surface area contributed by atoms with E-state index in [1.165, 1.54) is 12.8 Å². The van der Waals surface area contributed by atoms with Gasteiger partial charge in [-0.05, 0) is 40.8 Å². The second kappa shape index (κ2) is 3.95. The molecule has 2 N–H and O–H groups in total. The second-order valence-electron chi connectivity index (χ2n) is 5.17. The maximum absolute atomic E-state index is 6.19. The highest BCUT2D eigenvalue weighted by Gasteiger charge is 2.38. The lowest BCUT2D eigenvalue weighted by Crippen LogP contribution is -2.11. The Kier molecular flexibility index (Phi) is 2.52. The highest BCUT2D eigenvalue weighted by molar-refractivity contribution is 6.33. The summed E-state index contributed by atoms with van der Waals surface area (Å²) >= 11 is 6.19. The van der Waals surface area contributed by atoms with Gasteiger partial charge in [-0.2, -0.15) is 0 Å². The number of hydrogen-bond donors (Lipinski definition) is 1. The van der Waals surface area contributed by atoms with E-state index in [2.05, 4.69) is 22.4 Å². The van der Waals surface area contributed by atoms with Gasteiger partial charge >= 0.3 is 0 Å². The van der Waals surface area contributed by atoms with Gasteiger partial charge in [0.05, 0.1) is 17.1 Å². The van der Waals surface area contributed by atoms with Crippen LogP contribution in [0.25, 0.3) is 11.4 Å². The van der Waals surface area contributed by atoms with E-state index >= 15 is 0 Å². The number of hydrogen-bond acceptors (Lipinski definition) is 4. The van der Waals surface area contributed by atoms with Crippen molar-refractivity contribution in [1.29, 1.82) is 0 Å². The summed E-state index contributed by atoms with van der Waals surface area (Å²) in [5.74, 6) is 0.645. The molecule has 0 unspecified atom stereocenters. The topological polar surface area (TPSA) is 69.6 Å². The number of nitrogens with zero attached hydrogens (tertiary/aromatic N) is 4. The number of nitrogens with two attached hydrogens (primary N) is 1. The summed E-state index contributed by atoms with van der Waals surface area (Å²) in [5, 5.41) is 12.4. The summed E-state index contributed by atoms with van der Waals surface area (Å²) in [4.78, 5) is 0. The van der Waals surface area contributed by atoms with Crippen molar-refractivity contribution < 1.29 is 0 Å². The van der Waals surface area contributed by atoms with E-state index in [0.29, 0.717) is 27.5 Å². The van der Waals surface area contributed by atoms with Gasteiger partial charge in [0.15, 0.2) is 5.82 Å². The molecule has 94 valence electrons. The van der Waals surface area contributed by atoms with E-state index in [4.69, 9.17) is 17.3 Å². The van der Waals surface area contributed by atoms with Crippen LogP contribution in [0.5, 0.6) is 0 Å². The number of tetrazole rings is 1. The summed E-state index contributed by atoms with van der Waals surface area (Å²) in [5.41, 5.74) is 7.60. The zero-order valence-electron chi connectivity index (χ0n) is 10.1. The molecule has 1 aromatic carbocycles. The highest BCUT2D eigenvalue weighted by atomic mass is 35.5. The number of benzene rings is 1. The molecule has 18 heavy (non-hydrogen) atoms. The Morgan fingerprint density at radius 1 is 1.44 bits per heavy atom. The standard InChI is InChI=1S/C12H14ClN5/c1-12(5-6-12)7-18-11(15-16-17-18)10-8(13)3-2-4-9(10)14/h2-4H,5-7,14H2,1H3. The van der Waals surface area contributed by atoms with Crippen molar-refractivity contribution in [2.24, 2.45) is 5.41 Å². The van der Waals surface area contributed by atoms with Gasteiger partial charge in [0.2, 0.25) is 0 Å². The molecule has 0 atom stereocenters. The Labute approximate surface area is 110 Å². The molecule has 0 amide bonds. The van der Waals surface area contributed by atoms with Gasteiger partial charge in [0, 0.05) is 5.69 Å². The average molecular weight is 264 g/mol. The molecule has 1 saturated carbocycles. The summed E-state index contributed by atoms with van der Waals surface area (Å²) in [6.07, 6.45) is 2.43. The van der Waals surface area contributed by atoms with Crippen molar-refractivity contribution in [2.45, 2.75) is 26.3 Å². The Balaban J connectivity index is 2.04. The first-order chi connectivity index (χ1) is 8.59. The molecule has 1 heterocycles. The molecule has 0 spiro atoms. The average Bonchev–Trinajstić information content (AvgIpc) is 2.86. The van der Waals surface area contributed by atoms with Crippen molar-refractivity contribution in [1.82, 2.24) is 20.2 Å². The van der Waals surface area contributed by atoms with E-state index in [-0.39, 0.29) is 0 Å². The molecule has 0 radical (unpaired) electrons. The van der Waals surface area contributed by atoms with Crippen LogP contribution in [0.15, 0.2) is 18.2 Å². The van der Waals surface area contributed by atoms with Crippen LogP contribution in [0.2, 0.25) is 5.02 Å². The van der Waals surface area contributed by atoms with E-state index < -0.39 is 0 Å². The first-order valence-electron chi connectivity index (χ1n) is 5.90. The predicted octanol–water partition coefficient (Wildman–Crippen LogP) is 2.38. The molecule has 5 nitrogen and oxygen atoms in total. The molecule has 1 fully saturated rings. The van der Waals surface area contributed by atoms with Crippen molar-refractivity contribution in [3.8, 4) is 11.4 Å². The smallest absolute Gasteiger partial charge is 0.185 e. The lowest BCUT2D eigenvalue weighted by atomic mass is 10.1. The highest BCUT2D eigenvalue weighted by Crippen LogP contribution is 2.46. The van der Waals surface area contributed by atoms with Crippen molar-refractivity contribution in [3.05, 3.63) is 23.2 Å². The molecule has 1 aromatic heterocycles. The zero-order valence-corrected chi connectivity index (χ0v) is 10.9. The van der Waals surface area contributed by atoms with Crippen LogP contribution in [0, 0.1) is 5.41 Å². The van der Waals surface area contributed by atoms with Gasteiger partial charge in [0.1, 0.15) is 0 Å². The first-order valence-corrected chi connectivity index (χ1v) is 6.27. The summed E-state index contributed by atoms with van der Waals surface area (Å²) in [6, 6.07) is 5.42. The van der Waals surface area contributed by atoms with Crippen LogP contribution in [-0.4, -0.2) is 20.2 Å². The molecule has 2 aromatic rings. The monoisotopic (exact) mass is 263 g/mol. The molecule has 0 bridgehead atoms. The first kappa shape index (κ1) is 11.5. The fraction of sp³-hybridized carbons (Fsp3) is 0.417. The SMILES string of the molecule is CC1(Cn2nnnc2-c2c(N)cccc2Cl)CC1. The van der Waals surface area contributed by atoms with Crippen LogP contribution in [0.3, 0.4) is 0 Å². The fourth-order valence-electron chi connectivity index (χ4n) is 2.00. The Morgan fingerprint density at radius 3 is 2.89 bits per heavy atom. The van der Waals surface area contributed by atoms with Gasteiger partial charge in [-0.15, -0.1) is 5.10 Å². The van der Waals surface area contributed by atoms with Crippen molar-refractivity contribution in [2.75, 3.05) is 5.73 Å². The third-order valence-electron chi connectivity index (χ3n) is 3.44. The second-order valence-corrected chi connectivity index (χ2v) is 5.58. The van der Waals surface area contributed by atoms with Crippen LogP contribution in [0.4, 0.5) is 5.69 Å². The molecular weight excluding hydrogens is 250 g/mol. The van der Waals surface area contributed by atoms with Gasteiger partial charge in [-0.1, -0.05) is 24.6 Å². The van der Waals surface area contributed by atoms with Crippen molar-refractivity contribution >= 4 is 17.3 Å². The maximum atomic E-state index is 6.19. The van der Waals surface area contributed by atoms with Crippen LogP contribution >= 0.6 is 11.6 Å². The predicted molar refractivity (Wildman–Crippen MR) is 70.0 cm³/mol. The third-order valence-corrected chi connectivity index (χ3v) is 3.75. The van der Waals surface area contributed by atoms with Crippen molar-refractivity contribution in [3.63, 3.8) is 0 Å². The lowest BCUT2D eigenvalue weighted by Gasteiger charge is -2.11. The summed E-state index contributed by atoms with van der Waals surface area (Å²) in [6.45, 7) is 3.04. The van der Waals surface area contributed by atoms with E-state index in [1.54, 1.807) is 16.8 Å². The Morgan fingerprint density at radius 2 is 2.22 bits per heavy atom. The number of nitrogen functional groups attached to an aromatic ring is 1. The number of anilines is 1. The molecule has 3 rings (SSSR count). The fourth-order valence-corrected chi connectivity index (χ4v) is 2.27.